The van der Waals surface area contributed by atoms with Crippen molar-refractivity contribution >= 4 is 15.7 Å². The van der Waals surface area contributed by atoms with E-state index >= 15 is 0 Å². The standard InChI is InChI=1S/C8H9N2O4S/c1-2-9-15(13,14)8-6-4-3-5-7(8)10(11)12/h3-6H,2H2,1H3. The monoisotopic (exact) mass is 229 g/mol. The van der Waals surface area contributed by atoms with Crippen LogP contribution in [0.2, 0.25) is 0 Å². The molecule has 0 heterocycles. The van der Waals surface area contributed by atoms with Crippen LogP contribution in [-0.4, -0.2) is 19.9 Å². The van der Waals surface area contributed by atoms with Gasteiger partial charge in [-0.05, 0) is 13.0 Å². The molecule has 0 atom stereocenters. The summed E-state index contributed by atoms with van der Waals surface area (Å²) in [5.41, 5.74) is -0.449. The van der Waals surface area contributed by atoms with Gasteiger partial charge in [0, 0.05) is 12.6 Å². The Hall–Kier alpha value is -1.47. The molecule has 1 rings (SSSR count). The van der Waals surface area contributed by atoms with Crippen LogP contribution >= 0.6 is 0 Å². The van der Waals surface area contributed by atoms with E-state index < -0.39 is 20.6 Å². The topological polar surface area (TPSA) is 91.4 Å². The van der Waals surface area contributed by atoms with Crippen molar-refractivity contribution in [2.75, 3.05) is 6.54 Å². The Balaban J connectivity index is 3.31. The van der Waals surface area contributed by atoms with E-state index in [2.05, 4.69) is 4.72 Å². The first-order valence-electron chi connectivity index (χ1n) is 4.16. The van der Waals surface area contributed by atoms with Crippen LogP contribution < -0.4 is 4.72 Å². The second-order valence-corrected chi connectivity index (χ2v) is 4.29. The van der Waals surface area contributed by atoms with E-state index in [1.165, 1.54) is 18.2 Å². The molecule has 15 heavy (non-hydrogen) atoms. The van der Waals surface area contributed by atoms with Gasteiger partial charge in [0.2, 0.25) is 0 Å². The number of para-hydroxylation sites is 1. The zero-order valence-corrected chi connectivity index (χ0v) is 8.77. The van der Waals surface area contributed by atoms with Crippen molar-refractivity contribution in [2.45, 2.75) is 11.8 Å². The molecular weight excluding hydrogens is 220 g/mol. The first-order chi connectivity index (χ1) is 6.99. The van der Waals surface area contributed by atoms with Gasteiger partial charge in [-0.15, -0.1) is 4.72 Å². The second-order valence-electron chi connectivity index (χ2n) is 2.65. The van der Waals surface area contributed by atoms with Gasteiger partial charge in [-0.25, -0.2) is 8.42 Å². The van der Waals surface area contributed by atoms with Gasteiger partial charge in [-0.3, -0.25) is 10.1 Å². The van der Waals surface area contributed by atoms with Crippen molar-refractivity contribution in [1.82, 2.24) is 4.72 Å². The van der Waals surface area contributed by atoms with E-state index in [1.54, 1.807) is 6.92 Å². The van der Waals surface area contributed by atoms with Crippen LogP contribution in [-0.2, 0) is 10.0 Å². The van der Waals surface area contributed by atoms with Gasteiger partial charge in [0.05, 0.1) is 4.92 Å². The summed E-state index contributed by atoms with van der Waals surface area (Å²) >= 11 is 0. The summed E-state index contributed by atoms with van der Waals surface area (Å²) in [7, 11) is -3.90. The third-order valence-electron chi connectivity index (χ3n) is 1.64. The molecule has 0 aliphatic heterocycles. The van der Waals surface area contributed by atoms with E-state index in [1.807, 2.05) is 0 Å². The fourth-order valence-electron chi connectivity index (χ4n) is 1.07. The lowest BCUT2D eigenvalue weighted by atomic mass is 10.3. The molecule has 0 aliphatic rings. The van der Waals surface area contributed by atoms with Gasteiger partial charge in [0.15, 0.2) is 4.90 Å². The summed E-state index contributed by atoms with van der Waals surface area (Å²) < 4.78 is 26.3. The molecule has 81 valence electrons. The Bertz CT molecular complexity index is 469. The molecule has 0 unspecified atom stereocenters. The fourth-order valence-corrected chi connectivity index (χ4v) is 2.20. The molecule has 1 aromatic carbocycles. The van der Waals surface area contributed by atoms with E-state index in [9.17, 15) is 18.5 Å². The molecule has 6 nitrogen and oxygen atoms in total. The lowest BCUT2D eigenvalue weighted by molar-refractivity contribution is -0.387. The van der Waals surface area contributed by atoms with Crippen molar-refractivity contribution < 1.29 is 13.3 Å². The molecular formula is C8H9N2O4S. The average Bonchev–Trinajstić information content (AvgIpc) is 2.17. The van der Waals surface area contributed by atoms with Crippen molar-refractivity contribution in [1.29, 1.82) is 0 Å². The Morgan fingerprint density at radius 3 is 2.53 bits per heavy atom. The fraction of sp³-hybridized carbons (Fsp3) is 0.250. The average molecular weight is 229 g/mol. The normalized spacial score (nSPS) is 11.3. The van der Waals surface area contributed by atoms with Crippen molar-refractivity contribution in [3.63, 3.8) is 0 Å². The molecule has 0 aromatic heterocycles. The highest BCUT2D eigenvalue weighted by molar-refractivity contribution is 7.89. The van der Waals surface area contributed by atoms with E-state index in [-0.39, 0.29) is 11.4 Å². The summed E-state index contributed by atoms with van der Waals surface area (Å²) in [6, 6.07) is 5.14. The number of sulfonamides is 1. The van der Waals surface area contributed by atoms with Crippen molar-refractivity contribution in [2.24, 2.45) is 0 Å². The maximum atomic E-state index is 11.5. The molecule has 0 N–H and O–H groups in total. The largest absolute Gasteiger partial charge is 0.289 e. The third kappa shape index (κ3) is 2.51. The van der Waals surface area contributed by atoms with Crippen LogP contribution in [0.1, 0.15) is 6.92 Å². The van der Waals surface area contributed by atoms with Crippen LogP contribution in [0.5, 0.6) is 0 Å². The van der Waals surface area contributed by atoms with Crippen molar-refractivity contribution in [3.8, 4) is 0 Å². The molecule has 1 radical (unpaired) electrons. The quantitative estimate of drug-likeness (QED) is 0.566. The highest BCUT2D eigenvalue weighted by Gasteiger charge is 2.24. The predicted molar refractivity (Wildman–Crippen MR) is 53.0 cm³/mol. The molecule has 0 bridgehead atoms. The van der Waals surface area contributed by atoms with Crippen molar-refractivity contribution in [3.05, 3.63) is 34.4 Å². The van der Waals surface area contributed by atoms with Gasteiger partial charge in [-0.1, -0.05) is 12.1 Å². The minimum absolute atomic E-state index is 0.0639. The zero-order valence-electron chi connectivity index (χ0n) is 7.95. The summed E-state index contributed by atoms with van der Waals surface area (Å²) in [5.74, 6) is 0. The van der Waals surface area contributed by atoms with Crippen LogP contribution in [0.4, 0.5) is 5.69 Å². The van der Waals surface area contributed by atoms with Crippen LogP contribution in [0.25, 0.3) is 0 Å². The van der Waals surface area contributed by atoms with Crippen LogP contribution in [0, 0.1) is 10.1 Å². The lowest BCUT2D eigenvalue weighted by Gasteiger charge is -2.02. The minimum Gasteiger partial charge on any atom is -0.258 e. The second kappa shape index (κ2) is 4.37. The van der Waals surface area contributed by atoms with Gasteiger partial charge < -0.3 is 0 Å². The van der Waals surface area contributed by atoms with Gasteiger partial charge >= 0.3 is 0 Å². The number of nitro groups is 1. The molecule has 0 saturated heterocycles. The Kier molecular flexibility index (Phi) is 3.38. The number of nitrogens with zero attached hydrogens (tertiary/aromatic N) is 2. The molecule has 0 fully saturated rings. The number of rotatable bonds is 4. The zero-order chi connectivity index (χ0) is 11.5. The SMILES string of the molecule is CC[N]S(=O)(=O)c1ccccc1[N+](=O)[O-]. The van der Waals surface area contributed by atoms with Gasteiger partial charge in [0.25, 0.3) is 15.7 Å². The van der Waals surface area contributed by atoms with E-state index in [4.69, 9.17) is 0 Å². The summed E-state index contributed by atoms with van der Waals surface area (Å²) in [6.45, 7) is 1.61. The maximum Gasteiger partial charge on any atom is 0.289 e. The lowest BCUT2D eigenvalue weighted by Crippen LogP contribution is -2.17. The smallest absolute Gasteiger partial charge is 0.258 e. The summed E-state index contributed by atoms with van der Waals surface area (Å²) in [4.78, 5) is 9.47. The minimum atomic E-state index is -3.90. The Labute approximate surface area is 87.1 Å². The number of nitro benzene ring substituents is 1. The molecule has 0 saturated carbocycles. The molecule has 0 spiro atoms. The summed E-state index contributed by atoms with van der Waals surface area (Å²) in [6.07, 6.45) is 0. The molecule has 7 heteroatoms. The number of hydrogen-bond acceptors (Lipinski definition) is 4. The third-order valence-corrected chi connectivity index (χ3v) is 3.14. The first-order valence-corrected chi connectivity index (χ1v) is 5.60. The molecule has 0 aliphatic carbocycles. The highest BCUT2D eigenvalue weighted by Crippen LogP contribution is 2.22. The molecule has 1 aromatic rings. The number of hydrogen-bond donors (Lipinski definition) is 0. The predicted octanol–water partition coefficient (Wildman–Crippen LogP) is 0.908. The van der Waals surface area contributed by atoms with Crippen LogP contribution in [0.3, 0.4) is 0 Å². The maximum absolute atomic E-state index is 11.5. The Morgan fingerprint density at radius 1 is 1.40 bits per heavy atom. The number of benzene rings is 1. The summed E-state index contributed by atoms with van der Waals surface area (Å²) in [5, 5.41) is 10.6. The van der Waals surface area contributed by atoms with Gasteiger partial charge in [0.1, 0.15) is 0 Å². The van der Waals surface area contributed by atoms with E-state index in [0.717, 1.165) is 6.07 Å². The Morgan fingerprint density at radius 2 is 2.00 bits per heavy atom. The van der Waals surface area contributed by atoms with Crippen LogP contribution in [0.15, 0.2) is 29.2 Å². The first kappa shape index (κ1) is 11.6. The highest BCUT2D eigenvalue weighted by atomic mass is 32.2. The molecule has 0 amide bonds. The van der Waals surface area contributed by atoms with Gasteiger partial charge in [-0.2, -0.15) is 0 Å². The van der Waals surface area contributed by atoms with E-state index in [0.29, 0.717) is 0 Å².